The van der Waals surface area contributed by atoms with Crippen LogP contribution in [0.1, 0.15) is 23.2 Å². The van der Waals surface area contributed by atoms with Gasteiger partial charge in [0.2, 0.25) is 0 Å². The monoisotopic (exact) mass is 320 g/mol. The minimum Gasteiger partial charge on any atom is -0.377 e. The molecule has 1 saturated heterocycles. The SMILES string of the molecule is O=C(CS(=O)CC1CCCO1)c1ccc(Cl)cc1Cl. The summed E-state index contributed by atoms with van der Waals surface area (Å²) in [5, 5.41) is 0.772. The second-order valence-electron chi connectivity index (χ2n) is 4.43. The Labute approximate surface area is 124 Å². The normalized spacial score (nSPS) is 20.4. The van der Waals surface area contributed by atoms with Crippen molar-refractivity contribution in [2.75, 3.05) is 18.1 Å². The molecule has 1 aliphatic rings. The second-order valence-corrected chi connectivity index (χ2v) is 6.78. The summed E-state index contributed by atoms with van der Waals surface area (Å²) in [5.41, 5.74) is 0.367. The molecule has 0 amide bonds. The van der Waals surface area contributed by atoms with E-state index in [4.69, 9.17) is 27.9 Å². The van der Waals surface area contributed by atoms with E-state index >= 15 is 0 Å². The lowest BCUT2D eigenvalue weighted by atomic mass is 10.1. The fourth-order valence-electron chi connectivity index (χ4n) is 1.98. The van der Waals surface area contributed by atoms with E-state index in [1.807, 2.05) is 0 Å². The molecule has 0 saturated carbocycles. The molecule has 0 N–H and O–H groups in total. The van der Waals surface area contributed by atoms with E-state index in [-0.39, 0.29) is 17.6 Å². The number of halogens is 2. The number of hydrogen-bond donors (Lipinski definition) is 0. The highest BCUT2D eigenvalue weighted by molar-refractivity contribution is 7.85. The predicted molar refractivity (Wildman–Crippen MR) is 77.6 cm³/mol. The molecule has 0 bridgehead atoms. The first-order valence-electron chi connectivity index (χ1n) is 6.01. The molecule has 2 rings (SSSR count). The second kappa shape index (κ2) is 6.84. The van der Waals surface area contributed by atoms with Crippen molar-refractivity contribution in [2.45, 2.75) is 18.9 Å². The number of benzene rings is 1. The molecular weight excluding hydrogens is 307 g/mol. The average Bonchev–Trinajstić information content (AvgIpc) is 2.81. The number of rotatable bonds is 5. The molecule has 1 heterocycles. The molecule has 1 fully saturated rings. The first-order valence-corrected chi connectivity index (χ1v) is 8.25. The van der Waals surface area contributed by atoms with Gasteiger partial charge < -0.3 is 4.74 Å². The molecule has 19 heavy (non-hydrogen) atoms. The molecule has 2 atom stereocenters. The molecule has 1 aromatic rings. The maximum absolute atomic E-state index is 12.0. The van der Waals surface area contributed by atoms with Crippen LogP contribution in [0, 0.1) is 0 Å². The summed E-state index contributed by atoms with van der Waals surface area (Å²) >= 11 is 11.7. The van der Waals surface area contributed by atoms with Crippen LogP contribution in [0.25, 0.3) is 0 Å². The Bertz CT molecular complexity index is 499. The number of ketones is 1. The smallest absolute Gasteiger partial charge is 0.176 e. The third-order valence-corrected chi connectivity index (χ3v) is 4.79. The van der Waals surface area contributed by atoms with Crippen LogP contribution in [0.4, 0.5) is 0 Å². The predicted octanol–water partition coefficient (Wildman–Crippen LogP) is 3.10. The van der Waals surface area contributed by atoms with Crippen LogP contribution >= 0.6 is 23.2 Å². The number of carbonyl (C=O) groups is 1. The molecule has 2 unspecified atom stereocenters. The van der Waals surface area contributed by atoms with E-state index < -0.39 is 10.8 Å². The van der Waals surface area contributed by atoms with Crippen molar-refractivity contribution in [3.63, 3.8) is 0 Å². The summed E-state index contributed by atoms with van der Waals surface area (Å²) in [7, 11) is -1.22. The van der Waals surface area contributed by atoms with Crippen molar-refractivity contribution in [3.05, 3.63) is 33.8 Å². The van der Waals surface area contributed by atoms with Crippen molar-refractivity contribution < 1.29 is 13.7 Å². The maximum Gasteiger partial charge on any atom is 0.176 e. The fourth-order valence-corrected chi connectivity index (χ4v) is 3.74. The summed E-state index contributed by atoms with van der Waals surface area (Å²) in [6, 6.07) is 4.68. The minimum absolute atomic E-state index is 0.0225. The summed E-state index contributed by atoms with van der Waals surface area (Å²) in [6.45, 7) is 0.721. The zero-order chi connectivity index (χ0) is 13.8. The molecule has 0 spiro atoms. The van der Waals surface area contributed by atoms with E-state index in [1.165, 1.54) is 6.07 Å². The van der Waals surface area contributed by atoms with Gasteiger partial charge in [-0.05, 0) is 31.0 Å². The molecule has 104 valence electrons. The van der Waals surface area contributed by atoms with Gasteiger partial charge in [-0.2, -0.15) is 0 Å². The average molecular weight is 321 g/mol. The first kappa shape index (κ1) is 15.0. The van der Waals surface area contributed by atoms with Crippen LogP contribution in [0.15, 0.2) is 18.2 Å². The van der Waals surface area contributed by atoms with Crippen LogP contribution in [0.5, 0.6) is 0 Å². The van der Waals surface area contributed by atoms with Crippen LogP contribution in [0.3, 0.4) is 0 Å². The summed E-state index contributed by atoms with van der Waals surface area (Å²) in [5.74, 6) is 0.163. The van der Waals surface area contributed by atoms with Crippen LogP contribution in [0.2, 0.25) is 10.0 Å². The lowest BCUT2D eigenvalue weighted by Crippen LogP contribution is -2.21. The quantitative estimate of drug-likeness (QED) is 0.783. The fraction of sp³-hybridized carbons (Fsp3) is 0.462. The van der Waals surface area contributed by atoms with E-state index in [9.17, 15) is 9.00 Å². The maximum atomic E-state index is 12.0. The summed E-state index contributed by atoms with van der Waals surface area (Å²) < 4.78 is 17.3. The lowest BCUT2D eigenvalue weighted by molar-refractivity contribution is 0.102. The van der Waals surface area contributed by atoms with Gasteiger partial charge >= 0.3 is 0 Å². The van der Waals surface area contributed by atoms with Gasteiger partial charge in [0, 0.05) is 28.0 Å². The topological polar surface area (TPSA) is 43.4 Å². The minimum atomic E-state index is -1.22. The molecule has 0 aliphatic carbocycles. The van der Waals surface area contributed by atoms with Gasteiger partial charge in [0.05, 0.1) is 22.6 Å². The largest absolute Gasteiger partial charge is 0.377 e. The summed E-state index contributed by atoms with van der Waals surface area (Å²) in [4.78, 5) is 12.0. The Balaban J connectivity index is 1.94. The van der Waals surface area contributed by atoms with Gasteiger partial charge in [-0.25, -0.2) is 0 Å². The molecular formula is C13H14Cl2O3S. The first-order chi connectivity index (χ1) is 9.06. The highest BCUT2D eigenvalue weighted by Crippen LogP contribution is 2.22. The number of hydrogen-bond acceptors (Lipinski definition) is 3. The van der Waals surface area contributed by atoms with Gasteiger partial charge in [-0.3, -0.25) is 9.00 Å². The van der Waals surface area contributed by atoms with Crippen molar-refractivity contribution in [2.24, 2.45) is 0 Å². The third-order valence-electron chi connectivity index (χ3n) is 2.92. The third kappa shape index (κ3) is 4.28. The van der Waals surface area contributed by atoms with Gasteiger partial charge in [-0.15, -0.1) is 0 Å². The van der Waals surface area contributed by atoms with Crippen molar-refractivity contribution >= 4 is 39.8 Å². The van der Waals surface area contributed by atoms with Crippen molar-refractivity contribution in [1.82, 2.24) is 0 Å². The Morgan fingerprint density at radius 3 is 2.84 bits per heavy atom. The summed E-state index contributed by atoms with van der Waals surface area (Å²) in [6.07, 6.45) is 1.94. The Hall–Kier alpha value is -0.420. The Morgan fingerprint density at radius 2 is 2.21 bits per heavy atom. The van der Waals surface area contributed by atoms with Crippen LogP contribution in [-0.2, 0) is 15.5 Å². The van der Waals surface area contributed by atoms with E-state index in [1.54, 1.807) is 12.1 Å². The van der Waals surface area contributed by atoms with Crippen molar-refractivity contribution in [3.8, 4) is 0 Å². The highest BCUT2D eigenvalue weighted by atomic mass is 35.5. The molecule has 1 aliphatic heterocycles. The molecule has 6 heteroatoms. The highest BCUT2D eigenvalue weighted by Gasteiger charge is 2.21. The number of ether oxygens (including phenoxy) is 1. The van der Waals surface area contributed by atoms with E-state index in [0.717, 1.165) is 19.4 Å². The number of Topliss-reactive ketones (excluding diaryl/α,β-unsaturated/α-hetero) is 1. The molecule has 0 radical (unpaired) electrons. The van der Waals surface area contributed by atoms with E-state index in [0.29, 0.717) is 21.4 Å². The van der Waals surface area contributed by atoms with Crippen LogP contribution < -0.4 is 0 Å². The number of carbonyl (C=O) groups excluding carboxylic acids is 1. The van der Waals surface area contributed by atoms with Gasteiger partial charge in [0.15, 0.2) is 5.78 Å². The zero-order valence-corrected chi connectivity index (χ0v) is 12.6. The van der Waals surface area contributed by atoms with E-state index in [2.05, 4.69) is 0 Å². The van der Waals surface area contributed by atoms with Gasteiger partial charge in [-0.1, -0.05) is 23.2 Å². The van der Waals surface area contributed by atoms with Gasteiger partial charge in [0.1, 0.15) is 0 Å². The van der Waals surface area contributed by atoms with Crippen molar-refractivity contribution in [1.29, 1.82) is 0 Å². The zero-order valence-electron chi connectivity index (χ0n) is 10.2. The molecule has 3 nitrogen and oxygen atoms in total. The lowest BCUT2D eigenvalue weighted by Gasteiger charge is -2.09. The Morgan fingerprint density at radius 1 is 1.42 bits per heavy atom. The van der Waals surface area contributed by atoms with Gasteiger partial charge in [0.25, 0.3) is 0 Å². The molecule has 1 aromatic carbocycles. The molecule has 0 aromatic heterocycles. The Kier molecular flexibility index (Phi) is 5.39. The standard InChI is InChI=1S/C13H14Cl2O3S/c14-9-3-4-11(12(15)6-9)13(16)8-19(17)7-10-2-1-5-18-10/h3-4,6,10H,1-2,5,7-8H2. The van der Waals surface area contributed by atoms with Crippen LogP contribution in [-0.4, -0.2) is 34.2 Å².